The average molecular weight is 499 g/mol. The van der Waals surface area contributed by atoms with Gasteiger partial charge in [-0.25, -0.2) is 18.4 Å². The standard InChI is InChI=1S/C24H23ClN4O4S/c1-33-22-9-8-17(15-19(22)25)34(31,32)28-13-10-16(11-14-28)29-23(18-5-2-3-7-21(18)30)27-20-6-4-12-26-24(20)29/h2-9,12,15-16,30H,10-11,13-14H2,1H3. The highest BCUT2D eigenvalue weighted by atomic mass is 35.5. The zero-order valence-electron chi connectivity index (χ0n) is 18.4. The number of ether oxygens (including phenoxy) is 1. The first-order valence-electron chi connectivity index (χ1n) is 10.8. The maximum atomic E-state index is 13.2. The number of hydrogen-bond donors (Lipinski definition) is 1. The predicted octanol–water partition coefficient (Wildman–Crippen LogP) is 4.49. The van der Waals surface area contributed by atoms with E-state index in [2.05, 4.69) is 4.98 Å². The highest BCUT2D eigenvalue weighted by Gasteiger charge is 2.32. The fourth-order valence-corrected chi connectivity index (χ4v) is 6.24. The number of para-hydroxylation sites is 1. The summed E-state index contributed by atoms with van der Waals surface area (Å²) in [6.07, 6.45) is 2.86. The summed E-state index contributed by atoms with van der Waals surface area (Å²) in [6, 6.07) is 15.2. The van der Waals surface area contributed by atoms with E-state index in [9.17, 15) is 13.5 Å². The van der Waals surface area contributed by atoms with E-state index in [0.29, 0.717) is 48.7 Å². The van der Waals surface area contributed by atoms with Gasteiger partial charge in [0.25, 0.3) is 0 Å². The maximum Gasteiger partial charge on any atom is 0.243 e. The molecule has 2 aromatic carbocycles. The van der Waals surface area contributed by atoms with Crippen molar-refractivity contribution in [1.29, 1.82) is 0 Å². The first-order valence-corrected chi connectivity index (χ1v) is 12.7. The lowest BCUT2D eigenvalue weighted by atomic mass is 10.1. The molecular weight excluding hydrogens is 476 g/mol. The maximum absolute atomic E-state index is 13.2. The number of sulfonamides is 1. The number of piperidine rings is 1. The van der Waals surface area contributed by atoms with E-state index in [1.807, 2.05) is 28.8 Å². The molecule has 1 saturated heterocycles. The zero-order chi connectivity index (χ0) is 23.9. The van der Waals surface area contributed by atoms with Crippen molar-refractivity contribution >= 4 is 32.8 Å². The average Bonchev–Trinajstić information content (AvgIpc) is 3.23. The Kier molecular flexibility index (Phi) is 5.93. The molecule has 5 rings (SSSR count). The molecule has 1 aliphatic heterocycles. The van der Waals surface area contributed by atoms with E-state index in [1.54, 1.807) is 24.4 Å². The molecule has 3 heterocycles. The lowest BCUT2D eigenvalue weighted by Gasteiger charge is -2.32. The van der Waals surface area contributed by atoms with Crippen LogP contribution < -0.4 is 4.74 Å². The lowest BCUT2D eigenvalue weighted by Crippen LogP contribution is -2.39. The molecule has 0 spiro atoms. The van der Waals surface area contributed by atoms with Gasteiger partial charge in [0.2, 0.25) is 10.0 Å². The zero-order valence-corrected chi connectivity index (χ0v) is 20.0. The minimum atomic E-state index is -3.70. The number of imidazole rings is 1. The Labute approximate surface area is 202 Å². The van der Waals surface area contributed by atoms with Gasteiger partial charge >= 0.3 is 0 Å². The van der Waals surface area contributed by atoms with Crippen LogP contribution in [0.15, 0.2) is 65.7 Å². The fraction of sp³-hybridized carbons (Fsp3) is 0.250. The van der Waals surface area contributed by atoms with E-state index in [-0.39, 0.29) is 21.7 Å². The largest absolute Gasteiger partial charge is 0.507 e. The van der Waals surface area contributed by atoms with Crippen LogP contribution in [0.1, 0.15) is 18.9 Å². The third-order valence-corrected chi connectivity index (χ3v) is 8.33. The normalized spacial score (nSPS) is 15.6. The molecule has 0 amide bonds. The molecule has 34 heavy (non-hydrogen) atoms. The molecule has 0 saturated carbocycles. The second-order valence-electron chi connectivity index (χ2n) is 8.10. The van der Waals surface area contributed by atoms with Gasteiger partial charge in [-0.15, -0.1) is 0 Å². The molecule has 0 unspecified atom stereocenters. The monoisotopic (exact) mass is 498 g/mol. The van der Waals surface area contributed by atoms with Gasteiger partial charge in [0.15, 0.2) is 5.65 Å². The Hall–Kier alpha value is -3.14. The third kappa shape index (κ3) is 3.89. The molecule has 1 aliphatic rings. The Morgan fingerprint density at radius 1 is 1.09 bits per heavy atom. The number of rotatable bonds is 5. The van der Waals surface area contributed by atoms with E-state index in [1.165, 1.54) is 23.5 Å². The molecule has 4 aromatic rings. The Balaban J connectivity index is 1.45. The number of aromatic nitrogens is 3. The number of methoxy groups -OCH3 is 1. The van der Waals surface area contributed by atoms with Gasteiger partial charge < -0.3 is 14.4 Å². The van der Waals surface area contributed by atoms with E-state index in [4.69, 9.17) is 21.3 Å². The summed E-state index contributed by atoms with van der Waals surface area (Å²) in [5.41, 5.74) is 2.05. The first-order chi connectivity index (χ1) is 16.4. The van der Waals surface area contributed by atoms with Crippen molar-refractivity contribution in [3.63, 3.8) is 0 Å². The van der Waals surface area contributed by atoms with Gasteiger partial charge in [-0.1, -0.05) is 23.7 Å². The second kappa shape index (κ2) is 8.90. The number of halogens is 1. The molecule has 176 valence electrons. The van der Waals surface area contributed by atoms with Gasteiger partial charge in [0.1, 0.15) is 22.8 Å². The molecule has 2 aromatic heterocycles. The predicted molar refractivity (Wildman–Crippen MR) is 130 cm³/mol. The highest BCUT2D eigenvalue weighted by molar-refractivity contribution is 7.89. The van der Waals surface area contributed by atoms with Crippen LogP contribution in [0.25, 0.3) is 22.6 Å². The van der Waals surface area contributed by atoms with Gasteiger partial charge in [-0.2, -0.15) is 4.31 Å². The number of hydrogen-bond acceptors (Lipinski definition) is 6. The lowest BCUT2D eigenvalue weighted by molar-refractivity contribution is 0.278. The molecule has 8 nitrogen and oxygen atoms in total. The summed E-state index contributed by atoms with van der Waals surface area (Å²) in [5, 5.41) is 10.7. The molecule has 1 fully saturated rings. The first kappa shape index (κ1) is 22.6. The fourth-order valence-electron chi connectivity index (χ4n) is 4.43. The molecule has 10 heteroatoms. The Morgan fingerprint density at radius 2 is 1.85 bits per heavy atom. The number of pyridine rings is 1. The smallest absolute Gasteiger partial charge is 0.243 e. The van der Waals surface area contributed by atoms with Crippen LogP contribution in [-0.4, -0.2) is 52.6 Å². The van der Waals surface area contributed by atoms with E-state index < -0.39 is 10.0 Å². The minimum absolute atomic E-state index is 0.0274. The highest BCUT2D eigenvalue weighted by Crippen LogP contribution is 2.37. The number of phenols is 1. The molecular formula is C24H23ClN4O4S. The SMILES string of the molecule is COc1ccc(S(=O)(=O)N2CCC(n3c(-c4ccccc4O)nc4cccnc43)CC2)cc1Cl. The number of fused-ring (bicyclic) bond motifs is 1. The minimum Gasteiger partial charge on any atom is -0.507 e. The summed E-state index contributed by atoms with van der Waals surface area (Å²) in [4.78, 5) is 9.42. The summed E-state index contributed by atoms with van der Waals surface area (Å²) in [6.45, 7) is 0.673. The van der Waals surface area contributed by atoms with Crippen molar-refractivity contribution in [2.75, 3.05) is 20.2 Å². The van der Waals surface area contributed by atoms with Gasteiger partial charge in [-0.3, -0.25) is 0 Å². The van der Waals surface area contributed by atoms with Crippen LogP contribution >= 0.6 is 11.6 Å². The number of benzene rings is 2. The van der Waals surface area contributed by atoms with Crippen LogP contribution in [0.4, 0.5) is 0 Å². The van der Waals surface area contributed by atoms with Crippen molar-refractivity contribution in [2.45, 2.75) is 23.8 Å². The van der Waals surface area contributed by atoms with E-state index in [0.717, 1.165) is 5.52 Å². The van der Waals surface area contributed by atoms with Crippen LogP contribution in [0.3, 0.4) is 0 Å². The summed E-state index contributed by atoms with van der Waals surface area (Å²) in [7, 11) is -2.22. The molecule has 0 bridgehead atoms. The van der Waals surface area contributed by atoms with Crippen LogP contribution in [0.2, 0.25) is 5.02 Å². The van der Waals surface area contributed by atoms with Crippen molar-refractivity contribution in [2.24, 2.45) is 0 Å². The van der Waals surface area contributed by atoms with Gasteiger partial charge in [0.05, 0.1) is 22.6 Å². The van der Waals surface area contributed by atoms with Crippen LogP contribution in [-0.2, 0) is 10.0 Å². The van der Waals surface area contributed by atoms with Crippen LogP contribution in [0, 0.1) is 0 Å². The third-order valence-electron chi connectivity index (χ3n) is 6.14. The van der Waals surface area contributed by atoms with Crippen molar-refractivity contribution < 1.29 is 18.3 Å². The van der Waals surface area contributed by atoms with Crippen molar-refractivity contribution in [1.82, 2.24) is 18.8 Å². The van der Waals surface area contributed by atoms with Crippen LogP contribution in [0.5, 0.6) is 11.5 Å². The number of aromatic hydroxyl groups is 1. The van der Waals surface area contributed by atoms with Crippen molar-refractivity contribution in [3.05, 3.63) is 65.8 Å². The summed E-state index contributed by atoms with van der Waals surface area (Å²) >= 11 is 6.16. The Bertz CT molecular complexity index is 1460. The summed E-state index contributed by atoms with van der Waals surface area (Å²) < 4.78 is 35.1. The quantitative estimate of drug-likeness (QED) is 0.435. The summed E-state index contributed by atoms with van der Waals surface area (Å²) in [5.74, 6) is 1.18. The molecule has 0 radical (unpaired) electrons. The number of phenolic OH excluding ortho intramolecular Hbond substituents is 1. The molecule has 0 atom stereocenters. The second-order valence-corrected chi connectivity index (χ2v) is 10.4. The van der Waals surface area contributed by atoms with Gasteiger partial charge in [0, 0.05) is 25.3 Å². The van der Waals surface area contributed by atoms with E-state index >= 15 is 0 Å². The topological polar surface area (TPSA) is 97.6 Å². The Morgan fingerprint density at radius 3 is 2.56 bits per heavy atom. The van der Waals surface area contributed by atoms with Crippen molar-refractivity contribution in [3.8, 4) is 22.9 Å². The van der Waals surface area contributed by atoms with Gasteiger partial charge in [-0.05, 0) is 55.3 Å². The molecule has 1 N–H and O–H groups in total. The molecule has 0 aliphatic carbocycles. The number of nitrogens with zero attached hydrogens (tertiary/aromatic N) is 4.